The van der Waals surface area contributed by atoms with Crippen molar-refractivity contribution in [1.29, 1.82) is 0 Å². The van der Waals surface area contributed by atoms with E-state index in [4.69, 9.17) is 0 Å². The molecule has 0 aliphatic rings. The summed E-state index contributed by atoms with van der Waals surface area (Å²) < 4.78 is 2.58. The van der Waals surface area contributed by atoms with Crippen LogP contribution < -0.4 is 0 Å². The molecule has 0 radical (unpaired) electrons. The highest BCUT2D eigenvalue weighted by molar-refractivity contribution is 6.44. The van der Waals surface area contributed by atoms with Gasteiger partial charge in [0.1, 0.15) is 0 Å². The fraction of sp³-hybridized carbons (Fsp3) is 1.00. The Balaban J connectivity index is 3.32. The van der Waals surface area contributed by atoms with E-state index in [2.05, 4.69) is 25.5 Å². The third-order valence-electron chi connectivity index (χ3n) is 1.92. The van der Waals surface area contributed by atoms with E-state index >= 15 is 0 Å². The number of hydrogen-bond acceptors (Lipinski definition) is 1. The predicted molar refractivity (Wildman–Crippen MR) is 50.8 cm³/mol. The molecule has 0 spiro atoms. The van der Waals surface area contributed by atoms with Crippen molar-refractivity contribution in [2.45, 2.75) is 32.0 Å². The molecule has 3 heteroatoms. The second kappa shape index (κ2) is 5.20. The maximum atomic E-state index is 2.58. The fourth-order valence-corrected chi connectivity index (χ4v) is 4.41. The number of nitrogens with zero attached hydrogens (tertiary/aromatic N) is 1. The summed E-state index contributed by atoms with van der Waals surface area (Å²) in [6.45, 7) is 4.59. The van der Waals surface area contributed by atoms with Gasteiger partial charge in [-0.3, -0.25) is 0 Å². The van der Waals surface area contributed by atoms with E-state index in [1.807, 2.05) is 0 Å². The van der Waals surface area contributed by atoms with Crippen LogP contribution in [0.4, 0.5) is 0 Å². The number of rotatable bonds is 4. The molecule has 56 valence electrons. The van der Waals surface area contributed by atoms with Crippen molar-refractivity contribution in [3.05, 3.63) is 0 Å². The van der Waals surface area contributed by atoms with Crippen molar-refractivity contribution in [1.82, 2.24) is 4.57 Å². The first-order valence-corrected chi connectivity index (χ1v) is 6.97. The summed E-state index contributed by atoms with van der Waals surface area (Å²) in [5, 5.41) is 0. The monoisotopic (exact) mass is 161 g/mol. The largest absolute Gasteiger partial charge is 0.330 e. The van der Waals surface area contributed by atoms with E-state index in [0.717, 1.165) is 6.04 Å². The normalized spacial score (nSPS) is 16.0. The molecule has 0 saturated heterocycles. The van der Waals surface area contributed by atoms with Crippen LogP contribution in [0.1, 0.15) is 20.3 Å². The lowest BCUT2D eigenvalue weighted by atomic mass is 10.3. The van der Waals surface area contributed by atoms with Gasteiger partial charge in [0.05, 0.1) is 9.68 Å². The van der Waals surface area contributed by atoms with Gasteiger partial charge in [-0.2, -0.15) is 0 Å². The Morgan fingerprint density at radius 2 is 2.22 bits per heavy atom. The van der Waals surface area contributed by atoms with Crippen molar-refractivity contribution in [3.63, 3.8) is 0 Å². The highest BCUT2D eigenvalue weighted by Gasteiger charge is 2.03. The summed E-state index contributed by atoms with van der Waals surface area (Å²) in [5.74, 6) is 0. The second-order valence-electron chi connectivity index (χ2n) is 2.74. The average Bonchev–Trinajstić information content (AvgIpc) is 1.87. The Hall–Kier alpha value is 0.394. The number of hydrogen-bond donors (Lipinski definition) is 0. The predicted octanol–water partition coefficient (Wildman–Crippen LogP) is -0.458. The van der Waals surface area contributed by atoms with Gasteiger partial charge in [0.2, 0.25) is 0 Å². The zero-order chi connectivity index (χ0) is 7.28. The van der Waals surface area contributed by atoms with Crippen LogP contribution in [0.3, 0.4) is 0 Å². The van der Waals surface area contributed by atoms with Gasteiger partial charge in [-0.25, -0.2) is 0 Å². The van der Waals surface area contributed by atoms with Crippen LogP contribution in [0.2, 0.25) is 5.67 Å². The maximum Gasteiger partial charge on any atom is 0.0916 e. The van der Waals surface area contributed by atoms with Gasteiger partial charge in [-0.05, 0) is 19.5 Å². The van der Waals surface area contributed by atoms with Gasteiger partial charge in [0, 0.05) is 10.2 Å². The molecular weight excluding hydrogens is 142 g/mol. The third kappa shape index (κ3) is 3.89. The van der Waals surface area contributed by atoms with Crippen LogP contribution in [0.15, 0.2) is 0 Å². The summed E-state index contributed by atoms with van der Waals surface area (Å²) >= 11 is 0. The van der Waals surface area contributed by atoms with Crippen molar-refractivity contribution in [3.8, 4) is 0 Å². The molecule has 0 saturated carbocycles. The van der Waals surface area contributed by atoms with Gasteiger partial charge >= 0.3 is 0 Å². The topological polar surface area (TPSA) is 3.24 Å². The minimum absolute atomic E-state index is 0.183. The molecule has 1 unspecified atom stereocenters. The molecule has 0 aromatic heterocycles. The molecule has 0 aromatic carbocycles. The van der Waals surface area contributed by atoms with Gasteiger partial charge in [-0.1, -0.05) is 19.5 Å². The minimum atomic E-state index is 0.183. The Morgan fingerprint density at radius 3 is 2.56 bits per heavy atom. The van der Waals surface area contributed by atoms with Gasteiger partial charge in [0.15, 0.2) is 0 Å². The Bertz CT molecular complexity index is 68.1. The van der Waals surface area contributed by atoms with Crippen LogP contribution >= 0.6 is 0 Å². The van der Waals surface area contributed by atoms with Crippen LogP contribution in [0.25, 0.3) is 0 Å². The molecule has 0 N–H and O–H groups in total. The quantitative estimate of drug-likeness (QED) is 0.505. The molecule has 9 heavy (non-hydrogen) atoms. The third-order valence-corrected chi connectivity index (χ3v) is 5.04. The second-order valence-corrected chi connectivity index (χ2v) is 8.18. The van der Waals surface area contributed by atoms with E-state index in [1.165, 1.54) is 16.7 Å². The Labute approximate surface area is 64.1 Å². The standard InChI is InChI=1S/C6H19NSi2/c1-4-6(2)7(3)9-5-8/h6H,4-5,9H2,1-3,8H3. The highest BCUT2D eigenvalue weighted by Crippen LogP contribution is 1.97. The average molecular weight is 161 g/mol. The van der Waals surface area contributed by atoms with E-state index < -0.39 is 0 Å². The van der Waals surface area contributed by atoms with E-state index in [9.17, 15) is 0 Å². The van der Waals surface area contributed by atoms with Gasteiger partial charge in [-0.15, -0.1) is 0 Å². The lowest BCUT2D eigenvalue weighted by molar-refractivity contribution is 0.402. The minimum Gasteiger partial charge on any atom is -0.330 e. The van der Waals surface area contributed by atoms with Crippen molar-refractivity contribution in [2.24, 2.45) is 0 Å². The van der Waals surface area contributed by atoms with Crippen molar-refractivity contribution >= 4 is 19.9 Å². The van der Waals surface area contributed by atoms with Gasteiger partial charge < -0.3 is 4.57 Å². The van der Waals surface area contributed by atoms with Crippen LogP contribution in [0, 0.1) is 0 Å². The summed E-state index contributed by atoms with van der Waals surface area (Å²) in [4.78, 5) is 0. The molecule has 0 aromatic rings. The van der Waals surface area contributed by atoms with Crippen LogP contribution in [-0.2, 0) is 0 Å². The lowest BCUT2D eigenvalue weighted by Crippen LogP contribution is -2.31. The zero-order valence-corrected chi connectivity index (χ0v) is 10.6. The molecule has 0 aliphatic heterocycles. The summed E-state index contributed by atoms with van der Waals surface area (Å²) in [6, 6.07) is 0.839. The molecule has 0 rings (SSSR count). The summed E-state index contributed by atoms with van der Waals surface area (Å²) in [7, 11) is 3.86. The molecule has 0 bridgehead atoms. The van der Waals surface area contributed by atoms with Crippen LogP contribution in [0.5, 0.6) is 0 Å². The molecule has 1 nitrogen and oxygen atoms in total. The molecule has 1 atom stereocenters. The highest BCUT2D eigenvalue weighted by atomic mass is 28.3. The summed E-state index contributed by atoms with van der Waals surface area (Å²) in [5.41, 5.74) is 1.54. The first kappa shape index (κ1) is 9.39. The molecule has 0 amide bonds. The van der Waals surface area contributed by atoms with Crippen LogP contribution in [-0.4, -0.2) is 37.6 Å². The first-order valence-electron chi connectivity index (χ1n) is 3.92. The fourth-order valence-electron chi connectivity index (χ4n) is 0.885. The van der Waals surface area contributed by atoms with Crippen molar-refractivity contribution in [2.75, 3.05) is 7.05 Å². The summed E-state index contributed by atoms with van der Waals surface area (Å²) in [6.07, 6.45) is 1.31. The lowest BCUT2D eigenvalue weighted by Gasteiger charge is -2.22. The SMILES string of the molecule is CCC(C)N(C)[SiH2]C[SiH3]. The molecule has 0 fully saturated rings. The maximum absolute atomic E-state index is 2.58. The van der Waals surface area contributed by atoms with Gasteiger partial charge in [0.25, 0.3) is 0 Å². The Kier molecular flexibility index (Phi) is 5.43. The Morgan fingerprint density at radius 1 is 1.67 bits per heavy atom. The first-order chi connectivity index (χ1) is 4.22. The molecule has 0 aliphatic carbocycles. The van der Waals surface area contributed by atoms with E-state index in [-0.39, 0.29) is 9.68 Å². The molecular formula is C6H19NSi2. The zero-order valence-electron chi connectivity index (χ0n) is 7.15. The van der Waals surface area contributed by atoms with E-state index in [1.54, 1.807) is 5.67 Å². The molecule has 0 heterocycles. The van der Waals surface area contributed by atoms with E-state index in [0.29, 0.717) is 0 Å². The smallest absolute Gasteiger partial charge is 0.0916 e. The van der Waals surface area contributed by atoms with Crippen molar-refractivity contribution < 1.29 is 0 Å².